The molecule has 0 unspecified atom stereocenters. The number of nitrogens with zero attached hydrogens (tertiary/aromatic N) is 2. The second-order valence-electron chi connectivity index (χ2n) is 3.76. The molecule has 0 amide bonds. The Kier molecular flexibility index (Phi) is 1.70. The second kappa shape index (κ2) is 3.05. The molecule has 0 aliphatic heterocycles. The fraction of sp³-hybridized carbons (Fsp3) is 0. The monoisotopic (exact) mass is 207 g/mol. The van der Waals surface area contributed by atoms with Crippen molar-refractivity contribution >= 4 is 11.4 Å². The van der Waals surface area contributed by atoms with E-state index in [-0.39, 0.29) is 0 Å². The molecule has 3 heteroatoms. The average molecular weight is 207 g/mol. The third-order valence-electron chi connectivity index (χ3n) is 2.90. The van der Waals surface area contributed by atoms with E-state index in [2.05, 4.69) is 4.79 Å². The average Bonchev–Trinajstić information content (AvgIpc) is 2.64. The van der Waals surface area contributed by atoms with Crippen LogP contribution < -0.4 is 5.73 Å². The first-order valence-electron chi connectivity index (χ1n) is 5.03. The van der Waals surface area contributed by atoms with Gasteiger partial charge in [-0.25, -0.2) is 0 Å². The minimum Gasteiger partial charge on any atom is -0.398 e. The van der Waals surface area contributed by atoms with Crippen molar-refractivity contribution in [2.24, 2.45) is 0 Å². The molecule has 0 heterocycles. The topological polar surface area (TPSA) is 62.4 Å². The van der Waals surface area contributed by atoms with Crippen molar-refractivity contribution in [1.29, 1.82) is 0 Å². The Morgan fingerprint density at radius 1 is 0.875 bits per heavy atom. The van der Waals surface area contributed by atoms with Gasteiger partial charge in [0.25, 0.3) is 0 Å². The molecule has 0 saturated carbocycles. The van der Waals surface area contributed by atoms with Crippen molar-refractivity contribution < 1.29 is 4.79 Å². The molecule has 0 radical (unpaired) electrons. The predicted octanol–water partition coefficient (Wildman–Crippen LogP) is 2.32. The molecular weight excluding hydrogens is 198 g/mol. The summed E-state index contributed by atoms with van der Waals surface area (Å²) < 4.78 is 0. The summed E-state index contributed by atoms with van der Waals surface area (Å²) in [5.41, 5.74) is 20.2. The van der Waals surface area contributed by atoms with Gasteiger partial charge in [-0.1, -0.05) is 24.3 Å². The van der Waals surface area contributed by atoms with E-state index in [1.54, 1.807) is 0 Å². The fourth-order valence-electron chi connectivity index (χ4n) is 2.23. The molecule has 16 heavy (non-hydrogen) atoms. The third kappa shape index (κ3) is 0.977. The van der Waals surface area contributed by atoms with Gasteiger partial charge in [-0.2, -0.15) is 4.79 Å². The van der Waals surface area contributed by atoms with Gasteiger partial charge in [0.1, 0.15) is 0 Å². The summed E-state index contributed by atoms with van der Waals surface area (Å²) in [6.45, 7) is 0. The van der Waals surface area contributed by atoms with Crippen LogP contribution in [0.25, 0.3) is 16.7 Å². The van der Waals surface area contributed by atoms with E-state index in [1.165, 1.54) is 0 Å². The van der Waals surface area contributed by atoms with Crippen LogP contribution >= 0.6 is 0 Å². The Balaban J connectivity index is 2.49. The number of hydrogen-bond acceptors (Lipinski definition) is 1. The van der Waals surface area contributed by atoms with Crippen molar-refractivity contribution in [3.8, 4) is 11.1 Å². The lowest BCUT2D eigenvalue weighted by Crippen LogP contribution is -1.99. The van der Waals surface area contributed by atoms with Gasteiger partial charge < -0.3 is 11.3 Å². The van der Waals surface area contributed by atoms with E-state index in [0.717, 1.165) is 22.3 Å². The quantitative estimate of drug-likeness (QED) is 0.343. The molecule has 0 aromatic heterocycles. The van der Waals surface area contributed by atoms with Gasteiger partial charge in [0.2, 0.25) is 0 Å². The van der Waals surface area contributed by atoms with Crippen LogP contribution in [0.4, 0.5) is 5.69 Å². The summed E-state index contributed by atoms with van der Waals surface area (Å²) in [5, 5.41) is 0. The van der Waals surface area contributed by atoms with Crippen molar-refractivity contribution in [3.05, 3.63) is 59.1 Å². The number of hydrogen-bond donors (Lipinski definition) is 1. The number of nitrogens with two attached hydrogens (primary N) is 1. The summed E-state index contributed by atoms with van der Waals surface area (Å²) in [5.74, 6) is 0. The van der Waals surface area contributed by atoms with Gasteiger partial charge in [0, 0.05) is 11.3 Å². The van der Waals surface area contributed by atoms with Crippen LogP contribution in [0.15, 0.2) is 42.5 Å². The van der Waals surface area contributed by atoms with Crippen molar-refractivity contribution in [3.63, 3.8) is 0 Å². The molecule has 2 aromatic rings. The summed E-state index contributed by atoms with van der Waals surface area (Å²) in [6.07, 6.45) is 0. The van der Waals surface area contributed by atoms with Crippen LogP contribution in [-0.4, -0.2) is 10.5 Å². The molecule has 0 fully saturated rings. The Labute approximate surface area is 92.8 Å². The van der Waals surface area contributed by atoms with Crippen LogP contribution in [0.2, 0.25) is 0 Å². The number of anilines is 1. The van der Waals surface area contributed by atoms with Gasteiger partial charge in [-0.05, 0) is 23.8 Å². The van der Waals surface area contributed by atoms with Crippen molar-refractivity contribution in [2.45, 2.75) is 0 Å². The highest BCUT2D eigenvalue weighted by molar-refractivity contribution is 6.23. The number of nitrogen functional groups attached to an aromatic ring is 1. The normalized spacial score (nSPS) is 11.9. The summed E-state index contributed by atoms with van der Waals surface area (Å²) in [6, 6.07) is 13.4. The van der Waals surface area contributed by atoms with E-state index in [1.807, 2.05) is 42.5 Å². The molecule has 0 saturated heterocycles. The number of benzene rings is 2. The van der Waals surface area contributed by atoms with Crippen molar-refractivity contribution in [2.75, 3.05) is 5.73 Å². The first kappa shape index (κ1) is 8.89. The lowest BCUT2D eigenvalue weighted by Gasteiger charge is -2.01. The first-order chi connectivity index (χ1) is 7.83. The molecule has 0 bridgehead atoms. The van der Waals surface area contributed by atoms with Gasteiger partial charge in [0.15, 0.2) is 0 Å². The number of fused-ring (bicyclic) bond motifs is 3. The smallest absolute Gasteiger partial charge is 0.330 e. The fourth-order valence-corrected chi connectivity index (χ4v) is 2.23. The SMILES string of the molecule is [N-]=[N+]=C1c2ccccc2-c2c(N)cccc21. The van der Waals surface area contributed by atoms with Crippen LogP contribution in [0.1, 0.15) is 11.1 Å². The Morgan fingerprint density at radius 2 is 1.56 bits per heavy atom. The zero-order valence-corrected chi connectivity index (χ0v) is 8.51. The third-order valence-corrected chi connectivity index (χ3v) is 2.90. The zero-order valence-electron chi connectivity index (χ0n) is 8.51. The van der Waals surface area contributed by atoms with Gasteiger partial charge in [-0.15, -0.1) is 0 Å². The highest BCUT2D eigenvalue weighted by Crippen LogP contribution is 2.39. The minimum absolute atomic E-state index is 0.595. The molecule has 2 aromatic carbocycles. The molecule has 0 spiro atoms. The van der Waals surface area contributed by atoms with Gasteiger partial charge in [-0.3, -0.25) is 0 Å². The first-order valence-corrected chi connectivity index (χ1v) is 5.03. The Bertz CT molecular complexity index is 637. The highest BCUT2D eigenvalue weighted by atomic mass is 14.9. The minimum atomic E-state index is 0.595. The Hall–Kier alpha value is -2.38. The second-order valence-corrected chi connectivity index (χ2v) is 3.76. The van der Waals surface area contributed by atoms with Crippen LogP contribution in [0.3, 0.4) is 0 Å². The van der Waals surface area contributed by atoms with E-state index >= 15 is 0 Å². The van der Waals surface area contributed by atoms with Gasteiger partial charge >= 0.3 is 5.71 Å². The van der Waals surface area contributed by atoms with E-state index < -0.39 is 0 Å². The molecular formula is C13H9N3. The molecule has 1 aliphatic carbocycles. The maximum atomic E-state index is 9.10. The van der Waals surface area contributed by atoms with E-state index in [9.17, 15) is 0 Å². The van der Waals surface area contributed by atoms with Crippen LogP contribution in [-0.2, 0) is 0 Å². The molecule has 1 aliphatic rings. The van der Waals surface area contributed by atoms with Crippen LogP contribution in [0.5, 0.6) is 0 Å². The maximum absolute atomic E-state index is 9.10. The lowest BCUT2D eigenvalue weighted by atomic mass is 10.0. The maximum Gasteiger partial charge on any atom is 0.330 e. The highest BCUT2D eigenvalue weighted by Gasteiger charge is 2.31. The lowest BCUT2D eigenvalue weighted by molar-refractivity contribution is -0.00243. The molecule has 2 N–H and O–H groups in total. The van der Waals surface area contributed by atoms with Crippen molar-refractivity contribution in [1.82, 2.24) is 0 Å². The molecule has 76 valence electrons. The van der Waals surface area contributed by atoms with Crippen LogP contribution in [0, 0.1) is 0 Å². The molecule has 3 rings (SSSR count). The summed E-state index contributed by atoms with van der Waals surface area (Å²) >= 11 is 0. The Morgan fingerprint density at radius 3 is 2.31 bits per heavy atom. The largest absolute Gasteiger partial charge is 0.398 e. The molecule has 0 atom stereocenters. The van der Waals surface area contributed by atoms with Gasteiger partial charge in [0.05, 0.1) is 11.1 Å². The zero-order chi connectivity index (χ0) is 11.1. The number of rotatable bonds is 0. The summed E-state index contributed by atoms with van der Waals surface area (Å²) in [4.78, 5) is 3.37. The molecule has 3 nitrogen and oxygen atoms in total. The predicted molar refractivity (Wildman–Crippen MR) is 63.1 cm³/mol. The summed E-state index contributed by atoms with van der Waals surface area (Å²) in [7, 11) is 0. The van der Waals surface area contributed by atoms with E-state index in [0.29, 0.717) is 11.4 Å². The standard InChI is InChI=1S/C13H9N3/c14-11-7-3-6-10-12(11)8-4-1-2-5-9(8)13(10)16-15/h1-7H,14H2. The van der Waals surface area contributed by atoms with E-state index in [4.69, 9.17) is 11.3 Å².